The molecule has 0 aliphatic heterocycles. The van der Waals surface area contributed by atoms with Crippen molar-refractivity contribution in [3.05, 3.63) is 35.4 Å². The monoisotopic (exact) mass is 307 g/mol. The molecule has 0 saturated heterocycles. The van der Waals surface area contributed by atoms with Crippen molar-refractivity contribution >= 4 is 23.6 Å². The number of benzene rings is 1. The molecular formula is C16H21NO3S. The van der Waals surface area contributed by atoms with Crippen LogP contribution in [0.4, 0.5) is 0 Å². The maximum Gasteiger partial charge on any atom is 0.326 e. The van der Waals surface area contributed by atoms with Crippen molar-refractivity contribution in [3.63, 3.8) is 0 Å². The van der Waals surface area contributed by atoms with Crippen LogP contribution in [0, 0.1) is 0 Å². The molecule has 1 aromatic rings. The maximum absolute atomic E-state index is 12.5. The molecule has 114 valence electrons. The summed E-state index contributed by atoms with van der Waals surface area (Å²) in [6, 6.07) is 7.16. The molecule has 4 nitrogen and oxygen atoms in total. The minimum atomic E-state index is -0.957. The van der Waals surface area contributed by atoms with E-state index in [0.717, 1.165) is 30.6 Å². The van der Waals surface area contributed by atoms with Crippen LogP contribution >= 0.6 is 11.8 Å². The van der Waals surface area contributed by atoms with Crippen LogP contribution in [-0.4, -0.2) is 35.0 Å². The molecule has 2 rings (SSSR count). The van der Waals surface area contributed by atoms with Gasteiger partial charge in [0.05, 0.1) is 5.92 Å². The van der Waals surface area contributed by atoms with Gasteiger partial charge in [0.1, 0.15) is 6.04 Å². The zero-order valence-electron chi connectivity index (χ0n) is 12.2. The Labute approximate surface area is 129 Å². The molecule has 2 N–H and O–H groups in total. The van der Waals surface area contributed by atoms with Crippen LogP contribution in [0.1, 0.15) is 36.3 Å². The number of carboxylic acids is 1. The standard InChI is InChI=1S/C16H21NO3S/c1-21-10-9-14(16(19)20)17-15(18)13-8-4-6-11-5-2-3-7-12(11)13/h2-3,5,7,13-14H,4,6,8-10H2,1H3,(H,17,18)(H,19,20)/t13?,14-/m1/s1. The third kappa shape index (κ3) is 4.00. The van der Waals surface area contributed by atoms with Gasteiger partial charge in [0.25, 0.3) is 0 Å². The fourth-order valence-corrected chi connectivity index (χ4v) is 3.26. The van der Waals surface area contributed by atoms with E-state index in [1.54, 1.807) is 11.8 Å². The van der Waals surface area contributed by atoms with Gasteiger partial charge in [-0.05, 0) is 48.8 Å². The summed E-state index contributed by atoms with van der Waals surface area (Å²) in [5, 5.41) is 11.9. The van der Waals surface area contributed by atoms with E-state index >= 15 is 0 Å². The van der Waals surface area contributed by atoms with Crippen molar-refractivity contribution in [3.8, 4) is 0 Å². The highest BCUT2D eigenvalue weighted by atomic mass is 32.2. The Kier molecular flexibility index (Phi) is 5.67. The van der Waals surface area contributed by atoms with E-state index in [4.69, 9.17) is 0 Å². The molecule has 1 aromatic carbocycles. The highest BCUT2D eigenvalue weighted by molar-refractivity contribution is 7.98. The van der Waals surface area contributed by atoms with Crippen molar-refractivity contribution < 1.29 is 14.7 Å². The van der Waals surface area contributed by atoms with Crippen LogP contribution in [0.2, 0.25) is 0 Å². The molecule has 0 bridgehead atoms. The van der Waals surface area contributed by atoms with E-state index in [9.17, 15) is 14.7 Å². The summed E-state index contributed by atoms with van der Waals surface area (Å²) in [6.07, 6.45) is 5.14. The molecule has 21 heavy (non-hydrogen) atoms. The summed E-state index contributed by atoms with van der Waals surface area (Å²) in [5.74, 6) is -0.610. The lowest BCUT2D eigenvalue weighted by Crippen LogP contribution is -2.43. The van der Waals surface area contributed by atoms with Crippen LogP contribution in [0.3, 0.4) is 0 Å². The molecule has 1 aliphatic rings. The molecule has 0 radical (unpaired) electrons. The van der Waals surface area contributed by atoms with E-state index in [1.807, 2.05) is 24.5 Å². The Morgan fingerprint density at radius 1 is 1.43 bits per heavy atom. The summed E-state index contributed by atoms with van der Waals surface area (Å²) in [7, 11) is 0. The van der Waals surface area contributed by atoms with Crippen LogP contribution in [0.5, 0.6) is 0 Å². The number of amides is 1. The molecule has 0 heterocycles. The van der Waals surface area contributed by atoms with Crippen molar-refractivity contribution in [2.24, 2.45) is 0 Å². The predicted octanol–water partition coefficient (Wildman–Crippen LogP) is 2.43. The lowest BCUT2D eigenvalue weighted by atomic mass is 9.82. The van der Waals surface area contributed by atoms with Crippen LogP contribution in [0.15, 0.2) is 24.3 Å². The summed E-state index contributed by atoms with van der Waals surface area (Å²) < 4.78 is 0. The fourth-order valence-electron chi connectivity index (χ4n) is 2.79. The Morgan fingerprint density at radius 3 is 2.90 bits per heavy atom. The van der Waals surface area contributed by atoms with Crippen LogP contribution in [0.25, 0.3) is 0 Å². The average molecular weight is 307 g/mol. The summed E-state index contributed by atoms with van der Waals surface area (Å²) in [6.45, 7) is 0. The number of aryl methyl sites for hydroxylation is 1. The van der Waals surface area contributed by atoms with Gasteiger partial charge in [0, 0.05) is 0 Å². The summed E-state index contributed by atoms with van der Waals surface area (Å²) >= 11 is 1.58. The second-order valence-electron chi connectivity index (χ2n) is 5.32. The number of aliphatic carboxylic acids is 1. The van der Waals surface area contributed by atoms with Crippen molar-refractivity contribution in [2.45, 2.75) is 37.6 Å². The van der Waals surface area contributed by atoms with E-state index in [1.165, 1.54) is 5.56 Å². The van der Waals surface area contributed by atoms with Gasteiger partial charge in [-0.2, -0.15) is 11.8 Å². The zero-order chi connectivity index (χ0) is 15.2. The quantitative estimate of drug-likeness (QED) is 0.847. The van der Waals surface area contributed by atoms with Gasteiger partial charge in [-0.3, -0.25) is 4.79 Å². The van der Waals surface area contributed by atoms with Gasteiger partial charge in [-0.1, -0.05) is 24.3 Å². The smallest absolute Gasteiger partial charge is 0.326 e. The first-order valence-electron chi connectivity index (χ1n) is 7.23. The van der Waals surface area contributed by atoms with Gasteiger partial charge < -0.3 is 10.4 Å². The number of hydrogen-bond acceptors (Lipinski definition) is 3. The molecule has 0 fully saturated rings. The summed E-state index contributed by atoms with van der Waals surface area (Å²) in [4.78, 5) is 23.7. The van der Waals surface area contributed by atoms with Gasteiger partial charge in [0.2, 0.25) is 5.91 Å². The van der Waals surface area contributed by atoms with Crippen LogP contribution < -0.4 is 5.32 Å². The van der Waals surface area contributed by atoms with Gasteiger partial charge in [0.15, 0.2) is 0 Å². The van der Waals surface area contributed by atoms with E-state index in [-0.39, 0.29) is 11.8 Å². The lowest BCUT2D eigenvalue weighted by molar-refractivity contribution is -0.142. The second-order valence-corrected chi connectivity index (χ2v) is 6.31. The SMILES string of the molecule is CSCC[C@@H](NC(=O)C1CCCc2ccccc21)C(=O)O. The highest BCUT2D eigenvalue weighted by Crippen LogP contribution is 2.31. The number of fused-ring (bicyclic) bond motifs is 1. The van der Waals surface area contributed by atoms with Crippen molar-refractivity contribution in [1.29, 1.82) is 0 Å². The highest BCUT2D eigenvalue weighted by Gasteiger charge is 2.29. The Bertz CT molecular complexity index is 518. The molecule has 0 aromatic heterocycles. The fraction of sp³-hybridized carbons (Fsp3) is 0.500. The van der Waals surface area contributed by atoms with E-state index in [2.05, 4.69) is 11.4 Å². The zero-order valence-corrected chi connectivity index (χ0v) is 13.0. The first-order valence-corrected chi connectivity index (χ1v) is 8.62. The van der Waals surface area contributed by atoms with Crippen LogP contribution in [-0.2, 0) is 16.0 Å². The Morgan fingerprint density at radius 2 is 2.19 bits per heavy atom. The lowest BCUT2D eigenvalue weighted by Gasteiger charge is -2.26. The second kappa shape index (κ2) is 7.50. The Balaban J connectivity index is 2.08. The molecule has 2 atom stereocenters. The molecule has 1 amide bonds. The minimum absolute atomic E-state index is 0.157. The minimum Gasteiger partial charge on any atom is -0.480 e. The number of nitrogens with one attached hydrogen (secondary N) is 1. The molecule has 1 aliphatic carbocycles. The maximum atomic E-state index is 12.5. The largest absolute Gasteiger partial charge is 0.480 e. The van der Waals surface area contributed by atoms with E-state index < -0.39 is 12.0 Å². The predicted molar refractivity (Wildman–Crippen MR) is 84.7 cm³/mol. The molecule has 5 heteroatoms. The first kappa shape index (κ1) is 15.9. The number of thioether (sulfide) groups is 1. The molecular weight excluding hydrogens is 286 g/mol. The topological polar surface area (TPSA) is 66.4 Å². The summed E-state index contributed by atoms with van der Waals surface area (Å²) in [5.41, 5.74) is 2.26. The van der Waals surface area contributed by atoms with Crippen molar-refractivity contribution in [1.82, 2.24) is 5.32 Å². The van der Waals surface area contributed by atoms with Crippen molar-refractivity contribution in [2.75, 3.05) is 12.0 Å². The van der Waals surface area contributed by atoms with Gasteiger partial charge in [-0.25, -0.2) is 4.79 Å². The molecule has 1 unspecified atom stereocenters. The molecule has 0 saturated carbocycles. The third-order valence-corrected chi connectivity index (χ3v) is 4.56. The van der Waals surface area contributed by atoms with E-state index in [0.29, 0.717) is 6.42 Å². The number of rotatable bonds is 6. The third-order valence-electron chi connectivity index (χ3n) is 3.91. The number of carbonyl (C=O) groups excluding carboxylic acids is 1. The average Bonchev–Trinajstić information content (AvgIpc) is 2.50. The number of carbonyl (C=O) groups is 2. The van der Waals surface area contributed by atoms with Gasteiger partial charge in [-0.15, -0.1) is 0 Å². The normalized spacial score (nSPS) is 18.6. The molecule has 0 spiro atoms. The number of carboxylic acid groups (broad SMARTS) is 1. The first-order chi connectivity index (χ1) is 10.1. The van der Waals surface area contributed by atoms with Gasteiger partial charge >= 0.3 is 5.97 Å². The number of hydrogen-bond donors (Lipinski definition) is 2. The Hall–Kier alpha value is -1.49.